The number of hydrogen-bond acceptors (Lipinski definition) is 4. The number of hydrogen-bond donors (Lipinski definition) is 1. The maximum absolute atomic E-state index is 14.3. The van der Waals surface area contributed by atoms with Gasteiger partial charge in [0.1, 0.15) is 12.6 Å². The van der Waals surface area contributed by atoms with E-state index in [1.54, 1.807) is 60.7 Å². The molecule has 4 rings (SSSR count). The van der Waals surface area contributed by atoms with Crippen LogP contribution in [-0.4, -0.2) is 44.8 Å². The van der Waals surface area contributed by atoms with Crippen LogP contribution in [0.2, 0.25) is 5.02 Å². The third kappa shape index (κ3) is 8.44. The molecule has 7 nitrogen and oxygen atoms in total. The smallest absolute Gasteiger partial charge is 0.357 e. The highest BCUT2D eigenvalue weighted by Crippen LogP contribution is 2.38. The first kappa shape index (κ1) is 34.0. The van der Waals surface area contributed by atoms with Crippen LogP contribution in [-0.2, 0) is 38.8 Å². The van der Waals surface area contributed by atoms with Crippen molar-refractivity contribution >= 4 is 55.1 Å². The van der Waals surface area contributed by atoms with Crippen LogP contribution in [0.15, 0.2) is 112 Å². The number of halogens is 5. The first-order valence-electron chi connectivity index (χ1n) is 13.5. The van der Waals surface area contributed by atoms with Crippen molar-refractivity contribution in [3.63, 3.8) is 0 Å². The molecule has 0 fully saturated rings. The van der Waals surface area contributed by atoms with Crippen LogP contribution in [0.25, 0.3) is 0 Å². The molecule has 0 aliphatic heterocycles. The number of rotatable bonds is 11. The standard InChI is InChI=1S/C32H28BrClF3N3O4S/c1-38-31(42)29(18-22-8-4-2-5-9-22)39(20-23-12-14-24(33)15-13-23)30(41)21-40(45(43,44)26-10-6-3-7-11-26)25-16-17-28(34)27(19-25)32(35,36)37/h2-17,19,29H,18,20-21H2,1H3,(H,38,42)/t29-/m1/s1. The highest BCUT2D eigenvalue weighted by molar-refractivity contribution is 9.10. The number of anilines is 1. The number of nitrogens with zero attached hydrogens (tertiary/aromatic N) is 2. The van der Waals surface area contributed by atoms with Crippen LogP contribution >= 0.6 is 27.5 Å². The van der Waals surface area contributed by atoms with Crippen molar-refractivity contribution in [3.8, 4) is 0 Å². The molecular weight excluding hydrogens is 695 g/mol. The van der Waals surface area contributed by atoms with E-state index in [2.05, 4.69) is 21.2 Å². The zero-order chi connectivity index (χ0) is 32.8. The second kappa shape index (κ2) is 14.5. The molecule has 45 heavy (non-hydrogen) atoms. The highest BCUT2D eigenvalue weighted by atomic mass is 79.9. The molecule has 0 unspecified atom stereocenters. The molecule has 236 valence electrons. The van der Waals surface area contributed by atoms with Gasteiger partial charge >= 0.3 is 6.18 Å². The minimum atomic E-state index is -4.90. The summed E-state index contributed by atoms with van der Waals surface area (Å²) in [7, 11) is -3.16. The second-order valence-corrected chi connectivity index (χ2v) is 13.1. The first-order valence-corrected chi connectivity index (χ1v) is 16.2. The van der Waals surface area contributed by atoms with Gasteiger partial charge in [0.05, 0.1) is 21.2 Å². The summed E-state index contributed by atoms with van der Waals surface area (Å²) in [5.74, 6) is -1.32. The molecule has 13 heteroatoms. The number of nitrogens with one attached hydrogen (secondary N) is 1. The van der Waals surface area contributed by atoms with Crippen molar-refractivity contribution in [2.75, 3.05) is 17.9 Å². The Labute approximate surface area is 272 Å². The number of alkyl halides is 3. The molecular formula is C32H28BrClF3N3O4S. The van der Waals surface area contributed by atoms with Crippen LogP contribution in [0.5, 0.6) is 0 Å². The minimum Gasteiger partial charge on any atom is -0.357 e. The molecule has 0 aliphatic carbocycles. The summed E-state index contributed by atoms with van der Waals surface area (Å²) >= 11 is 9.20. The van der Waals surface area contributed by atoms with Gasteiger partial charge in [-0.05, 0) is 53.6 Å². The lowest BCUT2D eigenvalue weighted by Crippen LogP contribution is -2.53. The Bertz CT molecular complexity index is 1740. The van der Waals surface area contributed by atoms with Gasteiger partial charge in [-0.25, -0.2) is 8.42 Å². The van der Waals surface area contributed by atoms with Gasteiger partial charge < -0.3 is 10.2 Å². The molecule has 1 atom stereocenters. The highest BCUT2D eigenvalue weighted by Gasteiger charge is 2.37. The van der Waals surface area contributed by atoms with Crippen molar-refractivity contribution in [2.45, 2.75) is 30.1 Å². The Hall–Kier alpha value is -3.87. The third-order valence-corrected chi connectivity index (χ3v) is 9.58. The van der Waals surface area contributed by atoms with Gasteiger partial charge in [0.2, 0.25) is 11.8 Å². The maximum atomic E-state index is 14.3. The van der Waals surface area contributed by atoms with Gasteiger partial charge in [-0.15, -0.1) is 0 Å². The summed E-state index contributed by atoms with van der Waals surface area (Å²) in [6.07, 6.45) is -4.81. The van der Waals surface area contributed by atoms with Crippen molar-refractivity contribution in [3.05, 3.63) is 129 Å². The molecule has 1 N–H and O–H groups in total. The van der Waals surface area contributed by atoms with E-state index in [0.29, 0.717) is 15.9 Å². The third-order valence-electron chi connectivity index (χ3n) is 6.94. The molecule has 0 bridgehead atoms. The fraction of sp³-hybridized carbons (Fsp3) is 0.188. The van der Waals surface area contributed by atoms with E-state index in [4.69, 9.17) is 11.6 Å². The summed E-state index contributed by atoms with van der Waals surface area (Å²) in [4.78, 5) is 28.5. The number of carbonyl (C=O) groups excluding carboxylic acids is 2. The molecule has 0 saturated heterocycles. The van der Waals surface area contributed by atoms with E-state index in [-0.39, 0.29) is 17.9 Å². The number of benzene rings is 4. The van der Waals surface area contributed by atoms with Gasteiger partial charge in [-0.2, -0.15) is 13.2 Å². The van der Waals surface area contributed by atoms with E-state index in [9.17, 15) is 31.2 Å². The summed E-state index contributed by atoms with van der Waals surface area (Å²) in [5, 5.41) is 1.94. The maximum Gasteiger partial charge on any atom is 0.417 e. The Balaban J connectivity index is 1.83. The molecule has 0 saturated carbocycles. The molecule has 0 radical (unpaired) electrons. The SMILES string of the molecule is CNC(=O)[C@@H](Cc1ccccc1)N(Cc1ccc(Br)cc1)C(=O)CN(c1ccc(Cl)c(C(F)(F)F)c1)S(=O)(=O)c1ccccc1. The second-order valence-electron chi connectivity index (χ2n) is 9.95. The lowest BCUT2D eigenvalue weighted by Gasteiger charge is -2.33. The van der Waals surface area contributed by atoms with Crippen molar-refractivity contribution < 1.29 is 31.2 Å². The summed E-state index contributed by atoms with van der Waals surface area (Å²) < 4.78 is 70.8. The minimum absolute atomic E-state index is 0.0907. The van der Waals surface area contributed by atoms with Gasteiger partial charge in [0.25, 0.3) is 10.0 Å². The van der Waals surface area contributed by atoms with E-state index in [0.717, 1.165) is 22.2 Å². The van der Waals surface area contributed by atoms with Crippen molar-refractivity contribution in [2.24, 2.45) is 0 Å². The Morgan fingerprint density at radius 1 is 0.889 bits per heavy atom. The van der Waals surface area contributed by atoms with E-state index >= 15 is 0 Å². The molecule has 2 amide bonds. The zero-order valence-electron chi connectivity index (χ0n) is 23.8. The van der Waals surface area contributed by atoms with Crippen LogP contribution in [0.3, 0.4) is 0 Å². The van der Waals surface area contributed by atoms with Gasteiger partial charge in [0.15, 0.2) is 0 Å². The van der Waals surface area contributed by atoms with Crippen LogP contribution in [0.4, 0.5) is 18.9 Å². The van der Waals surface area contributed by atoms with E-state index in [1.165, 1.54) is 36.2 Å². The number of carbonyl (C=O) groups is 2. The average Bonchev–Trinajstić information content (AvgIpc) is 3.02. The van der Waals surface area contributed by atoms with Gasteiger partial charge in [-0.3, -0.25) is 13.9 Å². The molecule has 4 aromatic carbocycles. The van der Waals surface area contributed by atoms with Crippen LogP contribution in [0.1, 0.15) is 16.7 Å². The molecule has 0 spiro atoms. The van der Waals surface area contributed by atoms with Gasteiger partial charge in [-0.1, -0.05) is 88.2 Å². The van der Waals surface area contributed by atoms with Crippen molar-refractivity contribution in [1.82, 2.24) is 10.2 Å². The van der Waals surface area contributed by atoms with Gasteiger partial charge in [0, 0.05) is 24.5 Å². The Morgan fingerprint density at radius 2 is 1.49 bits per heavy atom. The number of sulfonamides is 1. The normalized spacial score (nSPS) is 12.3. The lowest BCUT2D eigenvalue weighted by molar-refractivity contribution is -0.139. The Morgan fingerprint density at radius 3 is 2.07 bits per heavy atom. The largest absolute Gasteiger partial charge is 0.417 e. The summed E-state index contributed by atoms with van der Waals surface area (Å²) in [5.41, 5.74) is -0.314. The number of likely N-dealkylation sites (N-methyl/N-ethyl adjacent to an activating group) is 1. The molecule has 0 aromatic heterocycles. The van der Waals surface area contributed by atoms with Crippen molar-refractivity contribution in [1.29, 1.82) is 0 Å². The first-order chi connectivity index (χ1) is 21.3. The van der Waals surface area contributed by atoms with Crippen LogP contribution < -0.4 is 9.62 Å². The molecule has 0 heterocycles. The van der Waals surface area contributed by atoms with E-state index < -0.39 is 56.9 Å². The van der Waals surface area contributed by atoms with Crippen LogP contribution in [0, 0.1) is 0 Å². The fourth-order valence-electron chi connectivity index (χ4n) is 4.64. The predicted octanol–water partition coefficient (Wildman–Crippen LogP) is 6.70. The quantitative estimate of drug-likeness (QED) is 0.187. The zero-order valence-corrected chi connectivity index (χ0v) is 27.0. The number of amides is 2. The topological polar surface area (TPSA) is 86.8 Å². The predicted molar refractivity (Wildman–Crippen MR) is 170 cm³/mol. The monoisotopic (exact) mass is 721 g/mol. The average molecular weight is 723 g/mol. The lowest BCUT2D eigenvalue weighted by atomic mass is 10.0. The Kier molecular flexibility index (Phi) is 10.9. The molecule has 4 aromatic rings. The molecule has 0 aliphatic rings. The summed E-state index contributed by atoms with van der Waals surface area (Å²) in [6, 6.07) is 24.5. The fourth-order valence-corrected chi connectivity index (χ4v) is 6.56. The summed E-state index contributed by atoms with van der Waals surface area (Å²) in [6.45, 7) is -1.00. The van der Waals surface area contributed by atoms with E-state index in [1.807, 2.05) is 0 Å².